The molecule has 0 spiro atoms. The lowest BCUT2D eigenvalue weighted by Crippen LogP contribution is -2.41. The highest BCUT2D eigenvalue weighted by molar-refractivity contribution is 7.14. The van der Waals surface area contributed by atoms with Crippen LogP contribution in [0.3, 0.4) is 0 Å². The Hall–Kier alpha value is -1.36. The van der Waals surface area contributed by atoms with Gasteiger partial charge in [0, 0.05) is 11.4 Å². The normalized spacial score (nSPS) is 17.1. The van der Waals surface area contributed by atoms with Gasteiger partial charge in [-0.05, 0) is 37.8 Å². The molecule has 1 aliphatic rings. The van der Waals surface area contributed by atoms with Crippen molar-refractivity contribution in [3.8, 4) is 0 Å². The third-order valence-electron chi connectivity index (χ3n) is 4.17. The second-order valence-corrected chi connectivity index (χ2v) is 6.68. The van der Waals surface area contributed by atoms with Gasteiger partial charge >= 0.3 is 5.97 Å². The Morgan fingerprint density at radius 3 is 2.55 bits per heavy atom. The van der Waals surface area contributed by atoms with Crippen LogP contribution in [0.15, 0.2) is 6.07 Å². The van der Waals surface area contributed by atoms with Crippen molar-refractivity contribution in [1.29, 1.82) is 0 Å². The lowest BCUT2D eigenvalue weighted by molar-refractivity contribution is -0.148. The Kier molecular flexibility index (Phi) is 4.48. The molecule has 1 aliphatic carbocycles. The largest absolute Gasteiger partial charge is 0.481 e. The third kappa shape index (κ3) is 2.87. The van der Waals surface area contributed by atoms with Gasteiger partial charge in [0.2, 0.25) is 0 Å². The Bertz CT molecular complexity index is 515. The van der Waals surface area contributed by atoms with Crippen LogP contribution >= 0.6 is 11.3 Å². The first-order chi connectivity index (χ1) is 9.48. The minimum absolute atomic E-state index is 0.148. The molecule has 0 saturated heterocycles. The van der Waals surface area contributed by atoms with Crippen LogP contribution in [-0.4, -0.2) is 23.5 Å². The lowest BCUT2D eigenvalue weighted by Gasteiger charge is -2.23. The van der Waals surface area contributed by atoms with Crippen molar-refractivity contribution in [3.05, 3.63) is 21.4 Å². The van der Waals surface area contributed by atoms with Crippen molar-refractivity contribution in [1.82, 2.24) is 5.32 Å². The second-order valence-electron chi connectivity index (χ2n) is 5.55. The minimum Gasteiger partial charge on any atom is -0.481 e. The number of amides is 1. The molecule has 1 heterocycles. The van der Waals surface area contributed by atoms with E-state index in [0.29, 0.717) is 17.7 Å². The van der Waals surface area contributed by atoms with E-state index in [1.807, 2.05) is 13.0 Å². The SMILES string of the molecule is CCc1sc(C(=O)NCC2(C(=O)O)CCCC2)cc1C. The summed E-state index contributed by atoms with van der Waals surface area (Å²) in [5.74, 6) is -0.933. The zero-order valence-electron chi connectivity index (χ0n) is 12.0. The summed E-state index contributed by atoms with van der Waals surface area (Å²) in [6.45, 7) is 4.31. The molecule has 5 heteroatoms. The first kappa shape index (κ1) is 15.0. The van der Waals surface area contributed by atoms with E-state index in [1.54, 1.807) is 0 Å². The van der Waals surface area contributed by atoms with Crippen molar-refractivity contribution in [3.63, 3.8) is 0 Å². The van der Waals surface area contributed by atoms with E-state index in [9.17, 15) is 14.7 Å². The summed E-state index contributed by atoms with van der Waals surface area (Å²) < 4.78 is 0. The summed E-state index contributed by atoms with van der Waals surface area (Å²) in [6.07, 6.45) is 4.10. The Labute approximate surface area is 123 Å². The average Bonchev–Trinajstić information content (AvgIpc) is 3.03. The molecular formula is C15H21NO3S. The number of rotatable bonds is 5. The standard InChI is InChI=1S/C15H21NO3S/c1-3-11-10(2)8-12(20-11)13(17)16-9-15(14(18)19)6-4-5-7-15/h8H,3-7,9H2,1-2H3,(H,16,17)(H,18,19). The second kappa shape index (κ2) is 5.95. The van der Waals surface area contributed by atoms with Crippen LogP contribution in [0, 0.1) is 12.3 Å². The van der Waals surface area contributed by atoms with Gasteiger partial charge in [0.15, 0.2) is 0 Å². The zero-order chi connectivity index (χ0) is 14.8. The molecule has 0 aromatic carbocycles. The predicted molar refractivity (Wildman–Crippen MR) is 79.3 cm³/mol. The molecule has 0 bridgehead atoms. The number of carboxylic acids is 1. The lowest BCUT2D eigenvalue weighted by atomic mass is 9.86. The summed E-state index contributed by atoms with van der Waals surface area (Å²) in [7, 11) is 0. The van der Waals surface area contributed by atoms with E-state index in [0.717, 1.165) is 24.8 Å². The van der Waals surface area contributed by atoms with Gasteiger partial charge in [-0.1, -0.05) is 19.8 Å². The van der Waals surface area contributed by atoms with Gasteiger partial charge < -0.3 is 10.4 Å². The summed E-state index contributed by atoms with van der Waals surface area (Å²) in [5, 5.41) is 12.2. The fraction of sp³-hybridized carbons (Fsp3) is 0.600. The van der Waals surface area contributed by atoms with Crippen LogP contribution in [0.1, 0.15) is 52.7 Å². The molecular weight excluding hydrogens is 274 g/mol. The smallest absolute Gasteiger partial charge is 0.311 e. The number of carboxylic acid groups (broad SMARTS) is 1. The van der Waals surface area contributed by atoms with E-state index in [1.165, 1.54) is 16.2 Å². The molecule has 0 radical (unpaired) electrons. The van der Waals surface area contributed by atoms with E-state index < -0.39 is 11.4 Å². The number of aryl methyl sites for hydroxylation is 2. The maximum absolute atomic E-state index is 12.2. The van der Waals surface area contributed by atoms with Crippen LogP contribution in [0.25, 0.3) is 0 Å². The van der Waals surface area contributed by atoms with Gasteiger partial charge in [-0.25, -0.2) is 0 Å². The monoisotopic (exact) mass is 295 g/mol. The molecule has 2 N–H and O–H groups in total. The number of aliphatic carboxylic acids is 1. The van der Waals surface area contributed by atoms with Crippen molar-refractivity contribution >= 4 is 23.2 Å². The Morgan fingerprint density at radius 1 is 1.40 bits per heavy atom. The van der Waals surface area contributed by atoms with Gasteiger partial charge in [-0.2, -0.15) is 0 Å². The first-order valence-corrected chi connectivity index (χ1v) is 7.91. The van der Waals surface area contributed by atoms with Crippen LogP contribution in [0.5, 0.6) is 0 Å². The van der Waals surface area contributed by atoms with Crippen LogP contribution in [0.4, 0.5) is 0 Å². The van der Waals surface area contributed by atoms with E-state index >= 15 is 0 Å². The molecule has 1 saturated carbocycles. The van der Waals surface area contributed by atoms with E-state index in [2.05, 4.69) is 12.2 Å². The molecule has 110 valence electrons. The molecule has 0 atom stereocenters. The van der Waals surface area contributed by atoms with Gasteiger partial charge in [-0.3, -0.25) is 9.59 Å². The van der Waals surface area contributed by atoms with E-state index in [-0.39, 0.29) is 12.5 Å². The molecule has 1 fully saturated rings. The van der Waals surface area contributed by atoms with Crippen LogP contribution in [-0.2, 0) is 11.2 Å². The molecule has 2 rings (SSSR count). The van der Waals surface area contributed by atoms with Gasteiger partial charge in [0.05, 0.1) is 10.3 Å². The summed E-state index contributed by atoms with van der Waals surface area (Å²) in [6, 6.07) is 1.89. The highest BCUT2D eigenvalue weighted by Gasteiger charge is 2.41. The number of nitrogens with one attached hydrogen (secondary N) is 1. The quantitative estimate of drug-likeness (QED) is 0.877. The van der Waals surface area contributed by atoms with Crippen molar-refractivity contribution in [2.75, 3.05) is 6.54 Å². The molecule has 20 heavy (non-hydrogen) atoms. The van der Waals surface area contributed by atoms with Gasteiger partial charge in [0.1, 0.15) is 0 Å². The Balaban J connectivity index is 2.02. The number of carbonyl (C=O) groups is 2. The molecule has 0 unspecified atom stereocenters. The van der Waals surface area contributed by atoms with Crippen molar-refractivity contribution < 1.29 is 14.7 Å². The minimum atomic E-state index is -0.785. The van der Waals surface area contributed by atoms with E-state index in [4.69, 9.17) is 0 Å². The fourth-order valence-corrected chi connectivity index (χ4v) is 3.87. The molecule has 1 amide bonds. The van der Waals surface area contributed by atoms with Crippen molar-refractivity contribution in [2.24, 2.45) is 5.41 Å². The number of hydrogen-bond donors (Lipinski definition) is 2. The maximum Gasteiger partial charge on any atom is 0.311 e. The van der Waals surface area contributed by atoms with Gasteiger partial charge in [-0.15, -0.1) is 11.3 Å². The summed E-state index contributed by atoms with van der Waals surface area (Å²) >= 11 is 1.50. The number of thiophene rings is 1. The van der Waals surface area contributed by atoms with Crippen LogP contribution < -0.4 is 5.32 Å². The van der Waals surface area contributed by atoms with Crippen LogP contribution in [0.2, 0.25) is 0 Å². The average molecular weight is 295 g/mol. The summed E-state index contributed by atoms with van der Waals surface area (Å²) in [4.78, 5) is 25.5. The van der Waals surface area contributed by atoms with Gasteiger partial charge in [0.25, 0.3) is 5.91 Å². The molecule has 1 aromatic heterocycles. The first-order valence-electron chi connectivity index (χ1n) is 7.09. The van der Waals surface area contributed by atoms with Crippen molar-refractivity contribution in [2.45, 2.75) is 46.0 Å². The third-order valence-corrected chi connectivity index (χ3v) is 5.55. The fourth-order valence-electron chi connectivity index (χ4n) is 2.84. The highest BCUT2D eigenvalue weighted by Crippen LogP contribution is 2.37. The summed E-state index contributed by atoms with van der Waals surface area (Å²) in [5.41, 5.74) is 0.381. The molecule has 0 aliphatic heterocycles. The Morgan fingerprint density at radius 2 is 2.05 bits per heavy atom. The zero-order valence-corrected chi connectivity index (χ0v) is 12.8. The highest BCUT2D eigenvalue weighted by atomic mass is 32.1. The maximum atomic E-state index is 12.2. The number of hydrogen-bond acceptors (Lipinski definition) is 3. The predicted octanol–water partition coefficient (Wildman–Crippen LogP) is 2.99. The molecule has 1 aromatic rings. The number of carbonyl (C=O) groups excluding carboxylic acids is 1. The topological polar surface area (TPSA) is 66.4 Å². The molecule has 4 nitrogen and oxygen atoms in total.